The standard InChI is InChI=1S/C27H39ClN4O4S/c1-20-18-23(36-5)7-9-26(20)37(34,35)31(4)15-13-27(33)29-22-6-8-25(24(28)19-22)32-16-11-21(12-17-32)10-14-30(2)3/h6-9,18-19,21H,10-17H2,1-5H3,(H,29,33). The van der Waals surface area contributed by atoms with Crippen molar-refractivity contribution in [2.24, 2.45) is 5.92 Å². The quantitative estimate of drug-likeness (QED) is 0.444. The lowest BCUT2D eigenvalue weighted by Crippen LogP contribution is -2.34. The third kappa shape index (κ3) is 7.83. The Morgan fingerprint density at radius 3 is 2.41 bits per heavy atom. The first-order valence-corrected chi connectivity index (χ1v) is 14.4. The third-order valence-corrected chi connectivity index (χ3v) is 9.22. The predicted molar refractivity (Wildman–Crippen MR) is 150 cm³/mol. The number of halogens is 1. The second-order valence-electron chi connectivity index (χ2n) is 9.94. The van der Waals surface area contributed by atoms with Crippen LogP contribution in [0.2, 0.25) is 5.02 Å². The number of piperidine rings is 1. The Morgan fingerprint density at radius 2 is 1.81 bits per heavy atom. The fraction of sp³-hybridized carbons (Fsp3) is 0.519. The predicted octanol–water partition coefficient (Wildman–Crippen LogP) is 4.47. The van der Waals surface area contributed by atoms with Crippen molar-refractivity contribution in [3.63, 3.8) is 0 Å². The summed E-state index contributed by atoms with van der Waals surface area (Å²) in [6.07, 6.45) is 3.53. The lowest BCUT2D eigenvalue weighted by molar-refractivity contribution is -0.116. The highest BCUT2D eigenvalue weighted by atomic mass is 35.5. The van der Waals surface area contributed by atoms with Crippen molar-refractivity contribution in [1.29, 1.82) is 0 Å². The van der Waals surface area contributed by atoms with Crippen molar-refractivity contribution < 1.29 is 17.9 Å². The number of aryl methyl sites for hydroxylation is 1. The minimum Gasteiger partial charge on any atom is -0.497 e. The van der Waals surface area contributed by atoms with Crippen molar-refractivity contribution in [3.05, 3.63) is 47.0 Å². The van der Waals surface area contributed by atoms with Gasteiger partial charge in [-0.2, -0.15) is 0 Å². The third-order valence-electron chi connectivity index (χ3n) is 6.90. The van der Waals surface area contributed by atoms with Gasteiger partial charge in [-0.05, 0) is 94.7 Å². The van der Waals surface area contributed by atoms with Crippen LogP contribution >= 0.6 is 11.6 Å². The van der Waals surface area contributed by atoms with E-state index in [1.807, 2.05) is 12.1 Å². The molecule has 0 aromatic heterocycles. The summed E-state index contributed by atoms with van der Waals surface area (Å²) >= 11 is 6.58. The number of carbonyl (C=O) groups is 1. The van der Waals surface area contributed by atoms with Crippen LogP contribution < -0.4 is 15.0 Å². The molecule has 1 aliphatic rings. The monoisotopic (exact) mass is 550 g/mol. The van der Waals surface area contributed by atoms with Crippen molar-refractivity contribution in [2.45, 2.75) is 37.5 Å². The van der Waals surface area contributed by atoms with Crippen molar-refractivity contribution in [3.8, 4) is 5.75 Å². The normalized spacial score (nSPS) is 14.9. The highest BCUT2D eigenvalue weighted by Crippen LogP contribution is 2.32. The van der Waals surface area contributed by atoms with E-state index in [0.717, 1.165) is 44.1 Å². The second kappa shape index (κ2) is 13.0. The Bertz CT molecular complexity index is 1180. The summed E-state index contributed by atoms with van der Waals surface area (Å²) in [5, 5.41) is 3.43. The summed E-state index contributed by atoms with van der Waals surface area (Å²) in [4.78, 5) is 17.3. The Hall–Kier alpha value is -2.33. The SMILES string of the molecule is COc1ccc(S(=O)(=O)N(C)CCC(=O)Nc2ccc(N3CCC(CCN(C)C)CC3)c(Cl)c2)c(C)c1. The van der Waals surface area contributed by atoms with Gasteiger partial charge in [0.1, 0.15) is 5.75 Å². The topological polar surface area (TPSA) is 82.2 Å². The summed E-state index contributed by atoms with van der Waals surface area (Å²) in [6.45, 7) is 4.82. The van der Waals surface area contributed by atoms with Crippen LogP contribution in [0.1, 0.15) is 31.2 Å². The minimum atomic E-state index is -3.73. The average Bonchev–Trinajstić information content (AvgIpc) is 2.86. The van der Waals surface area contributed by atoms with Crippen LogP contribution in [0.15, 0.2) is 41.3 Å². The van der Waals surface area contributed by atoms with Gasteiger partial charge in [0.05, 0.1) is 22.7 Å². The molecule has 0 bridgehead atoms. The Morgan fingerprint density at radius 1 is 1.11 bits per heavy atom. The zero-order valence-corrected chi connectivity index (χ0v) is 24.0. The average molecular weight is 551 g/mol. The number of hydrogen-bond acceptors (Lipinski definition) is 6. The molecule has 2 aromatic rings. The molecular formula is C27H39ClN4O4S. The van der Waals surface area contributed by atoms with E-state index in [-0.39, 0.29) is 23.8 Å². The minimum absolute atomic E-state index is 0.0186. The molecule has 10 heteroatoms. The number of methoxy groups -OCH3 is 1. The lowest BCUT2D eigenvalue weighted by atomic mass is 9.93. The molecule has 1 amide bonds. The van der Waals surface area contributed by atoms with Gasteiger partial charge in [-0.1, -0.05) is 11.6 Å². The van der Waals surface area contributed by atoms with Gasteiger partial charge in [-0.25, -0.2) is 12.7 Å². The zero-order chi connectivity index (χ0) is 27.2. The summed E-state index contributed by atoms with van der Waals surface area (Å²) in [5.41, 5.74) is 2.16. The Labute approximate surface area is 226 Å². The fourth-order valence-electron chi connectivity index (χ4n) is 4.55. The maximum absolute atomic E-state index is 13.0. The zero-order valence-electron chi connectivity index (χ0n) is 22.5. The van der Waals surface area contributed by atoms with Gasteiger partial charge < -0.3 is 19.9 Å². The summed E-state index contributed by atoms with van der Waals surface area (Å²) in [5.74, 6) is 1.05. The fourth-order valence-corrected chi connectivity index (χ4v) is 6.23. The highest BCUT2D eigenvalue weighted by Gasteiger charge is 2.24. The number of benzene rings is 2. The smallest absolute Gasteiger partial charge is 0.243 e. The van der Waals surface area contributed by atoms with Crippen molar-refractivity contribution in [1.82, 2.24) is 9.21 Å². The molecule has 0 atom stereocenters. The first-order valence-electron chi connectivity index (χ1n) is 12.6. The van der Waals surface area contributed by atoms with Crippen LogP contribution in [-0.2, 0) is 14.8 Å². The van der Waals surface area contributed by atoms with E-state index in [1.54, 1.807) is 25.1 Å². The van der Waals surface area contributed by atoms with E-state index < -0.39 is 10.0 Å². The number of nitrogens with one attached hydrogen (secondary N) is 1. The number of sulfonamides is 1. The van der Waals surface area contributed by atoms with Gasteiger partial charge in [0.2, 0.25) is 15.9 Å². The molecular weight excluding hydrogens is 512 g/mol. The van der Waals surface area contributed by atoms with E-state index in [0.29, 0.717) is 22.0 Å². The molecule has 0 unspecified atom stereocenters. The molecule has 1 heterocycles. The molecule has 204 valence electrons. The second-order valence-corrected chi connectivity index (χ2v) is 12.4. The van der Waals surface area contributed by atoms with E-state index >= 15 is 0 Å². The largest absolute Gasteiger partial charge is 0.497 e. The lowest BCUT2D eigenvalue weighted by Gasteiger charge is -2.34. The summed E-state index contributed by atoms with van der Waals surface area (Å²) in [7, 11) is 3.49. The van der Waals surface area contributed by atoms with Crippen LogP contribution in [-0.4, -0.2) is 78.0 Å². The van der Waals surface area contributed by atoms with E-state index in [2.05, 4.69) is 29.2 Å². The molecule has 0 spiro atoms. The number of hydrogen-bond donors (Lipinski definition) is 1. The molecule has 37 heavy (non-hydrogen) atoms. The van der Waals surface area contributed by atoms with Crippen molar-refractivity contribution >= 4 is 38.9 Å². The van der Waals surface area contributed by atoms with Crippen molar-refractivity contribution in [2.75, 3.05) is 64.6 Å². The van der Waals surface area contributed by atoms with Gasteiger partial charge in [-0.3, -0.25) is 4.79 Å². The number of carbonyl (C=O) groups excluding carboxylic acids is 1. The van der Waals surface area contributed by atoms with Crippen LogP contribution in [0.3, 0.4) is 0 Å². The van der Waals surface area contributed by atoms with Gasteiger partial charge in [-0.15, -0.1) is 0 Å². The number of anilines is 2. The highest BCUT2D eigenvalue weighted by molar-refractivity contribution is 7.89. The van der Waals surface area contributed by atoms with E-state index in [4.69, 9.17) is 16.3 Å². The van der Waals surface area contributed by atoms with Crippen LogP contribution in [0.5, 0.6) is 5.75 Å². The number of rotatable bonds is 11. The summed E-state index contributed by atoms with van der Waals surface area (Å²) < 4.78 is 32.3. The molecule has 2 aromatic carbocycles. The first kappa shape index (κ1) is 29.2. The number of nitrogens with zero attached hydrogens (tertiary/aromatic N) is 3. The summed E-state index contributed by atoms with van der Waals surface area (Å²) in [6, 6.07) is 10.4. The molecule has 1 fully saturated rings. The Kier molecular flexibility index (Phi) is 10.2. The Balaban J connectivity index is 1.52. The molecule has 0 radical (unpaired) electrons. The molecule has 3 rings (SSSR count). The maximum Gasteiger partial charge on any atom is 0.243 e. The first-order chi connectivity index (χ1) is 17.5. The van der Waals surface area contributed by atoms with Gasteiger partial charge in [0.25, 0.3) is 0 Å². The number of amides is 1. The molecule has 1 saturated heterocycles. The molecule has 0 saturated carbocycles. The van der Waals surface area contributed by atoms with Gasteiger partial charge >= 0.3 is 0 Å². The molecule has 8 nitrogen and oxygen atoms in total. The molecule has 1 N–H and O–H groups in total. The number of ether oxygens (including phenoxy) is 1. The molecule has 1 aliphatic heterocycles. The van der Waals surface area contributed by atoms with Gasteiger partial charge in [0, 0.05) is 38.8 Å². The van der Waals surface area contributed by atoms with E-state index in [9.17, 15) is 13.2 Å². The van der Waals surface area contributed by atoms with E-state index in [1.165, 1.54) is 30.9 Å². The molecule has 0 aliphatic carbocycles. The van der Waals surface area contributed by atoms with Crippen LogP contribution in [0, 0.1) is 12.8 Å². The van der Waals surface area contributed by atoms with Gasteiger partial charge in [0.15, 0.2) is 0 Å². The van der Waals surface area contributed by atoms with Crippen LogP contribution in [0.4, 0.5) is 11.4 Å². The van der Waals surface area contributed by atoms with Crippen LogP contribution in [0.25, 0.3) is 0 Å². The maximum atomic E-state index is 13.0.